The SMILES string of the molecule is Cc1nnc2c(c1C(=O)Nc1ccccc1)C(=O)c1ccccc1-2. The van der Waals surface area contributed by atoms with E-state index >= 15 is 0 Å². The summed E-state index contributed by atoms with van der Waals surface area (Å²) in [7, 11) is 0. The Bertz CT molecular complexity index is 981. The van der Waals surface area contributed by atoms with E-state index in [1.165, 1.54) is 0 Å². The van der Waals surface area contributed by atoms with Crippen molar-refractivity contribution in [3.63, 3.8) is 0 Å². The summed E-state index contributed by atoms with van der Waals surface area (Å²) in [5.74, 6) is -0.539. The fourth-order valence-corrected chi connectivity index (χ4v) is 2.95. The van der Waals surface area contributed by atoms with Crippen LogP contribution in [0.4, 0.5) is 5.69 Å². The number of nitrogens with one attached hydrogen (secondary N) is 1. The van der Waals surface area contributed by atoms with Crippen molar-refractivity contribution >= 4 is 17.4 Å². The molecule has 0 aliphatic heterocycles. The monoisotopic (exact) mass is 315 g/mol. The largest absolute Gasteiger partial charge is 0.322 e. The van der Waals surface area contributed by atoms with Gasteiger partial charge in [0, 0.05) is 16.8 Å². The molecule has 0 spiro atoms. The summed E-state index contributed by atoms with van der Waals surface area (Å²) in [5.41, 5.74) is 3.46. The molecule has 116 valence electrons. The minimum absolute atomic E-state index is 0.184. The number of nitrogens with zero attached hydrogens (tertiary/aromatic N) is 2. The molecule has 0 saturated carbocycles. The van der Waals surface area contributed by atoms with Crippen LogP contribution in [-0.2, 0) is 0 Å². The summed E-state index contributed by atoms with van der Waals surface area (Å²) in [4.78, 5) is 25.5. The molecule has 0 unspecified atom stereocenters. The fourth-order valence-electron chi connectivity index (χ4n) is 2.95. The lowest BCUT2D eigenvalue weighted by atomic mass is 10.0. The van der Waals surface area contributed by atoms with Gasteiger partial charge in [-0.3, -0.25) is 9.59 Å². The highest BCUT2D eigenvalue weighted by atomic mass is 16.2. The summed E-state index contributed by atoms with van der Waals surface area (Å²) in [5, 5.41) is 11.1. The van der Waals surface area contributed by atoms with Crippen LogP contribution in [0.5, 0.6) is 0 Å². The van der Waals surface area contributed by atoms with Gasteiger partial charge in [-0.15, -0.1) is 5.10 Å². The number of rotatable bonds is 2. The Hall–Kier alpha value is -3.34. The van der Waals surface area contributed by atoms with E-state index in [9.17, 15) is 9.59 Å². The number of hydrogen-bond donors (Lipinski definition) is 1. The molecule has 1 aromatic heterocycles. The molecule has 2 aromatic carbocycles. The van der Waals surface area contributed by atoms with Crippen LogP contribution in [0.3, 0.4) is 0 Å². The molecular weight excluding hydrogens is 302 g/mol. The van der Waals surface area contributed by atoms with Crippen molar-refractivity contribution in [2.45, 2.75) is 6.92 Å². The van der Waals surface area contributed by atoms with Crippen LogP contribution in [-0.4, -0.2) is 21.9 Å². The Balaban J connectivity index is 1.84. The zero-order valence-electron chi connectivity index (χ0n) is 12.9. The molecule has 1 aliphatic rings. The number of para-hydroxylation sites is 1. The number of aryl methyl sites for hydroxylation is 1. The third-order valence-electron chi connectivity index (χ3n) is 4.06. The topological polar surface area (TPSA) is 72.0 Å². The molecule has 5 nitrogen and oxygen atoms in total. The minimum Gasteiger partial charge on any atom is -0.322 e. The van der Waals surface area contributed by atoms with Gasteiger partial charge in [0.25, 0.3) is 5.91 Å². The lowest BCUT2D eigenvalue weighted by molar-refractivity contribution is 0.0997. The van der Waals surface area contributed by atoms with Gasteiger partial charge in [-0.25, -0.2) is 0 Å². The molecule has 3 aromatic rings. The molecule has 1 amide bonds. The highest BCUT2D eigenvalue weighted by Gasteiger charge is 2.34. The molecule has 0 saturated heterocycles. The van der Waals surface area contributed by atoms with Crippen molar-refractivity contribution in [2.24, 2.45) is 0 Å². The standard InChI is InChI=1S/C19H13N3O2/c1-11-15(19(24)20-12-7-3-2-4-8-12)16-17(22-21-11)13-9-5-6-10-14(13)18(16)23/h2-10H,1H3,(H,20,24). The number of carbonyl (C=O) groups is 2. The summed E-state index contributed by atoms with van der Waals surface area (Å²) < 4.78 is 0. The molecule has 4 rings (SSSR count). The number of aromatic nitrogens is 2. The van der Waals surface area contributed by atoms with E-state index in [2.05, 4.69) is 15.5 Å². The molecule has 1 heterocycles. The maximum atomic E-state index is 12.8. The first kappa shape index (κ1) is 14.3. The van der Waals surface area contributed by atoms with Gasteiger partial charge in [0.1, 0.15) is 5.69 Å². The van der Waals surface area contributed by atoms with Gasteiger partial charge in [-0.05, 0) is 19.1 Å². The molecule has 0 bridgehead atoms. The second-order valence-corrected chi connectivity index (χ2v) is 5.58. The van der Waals surface area contributed by atoms with Crippen LogP contribution in [0, 0.1) is 6.92 Å². The van der Waals surface area contributed by atoms with Crippen molar-refractivity contribution in [2.75, 3.05) is 5.32 Å². The highest BCUT2D eigenvalue weighted by Crippen LogP contribution is 2.37. The Kier molecular flexibility index (Phi) is 3.20. The number of anilines is 1. The van der Waals surface area contributed by atoms with Gasteiger partial charge in [-0.1, -0.05) is 42.5 Å². The van der Waals surface area contributed by atoms with Crippen LogP contribution in [0.1, 0.15) is 32.0 Å². The van der Waals surface area contributed by atoms with E-state index in [4.69, 9.17) is 0 Å². The molecule has 24 heavy (non-hydrogen) atoms. The Labute approximate surface area is 138 Å². The Morgan fingerprint density at radius 2 is 1.58 bits per heavy atom. The number of fused-ring (bicyclic) bond motifs is 3. The smallest absolute Gasteiger partial charge is 0.258 e. The van der Waals surface area contributed by atoms with Crippen molar-refractivity contribution in [1.82, 2.24) is 10.2 Å². The van der Waals surface area contributed by atoms with Gasteiger partial charge in [0.15, 0.2) is 5.78 Å². The lowest BCUT2D eigenvalue weighted by Gasteiger charge is -2.10. The predicted octanol–water partition coefficient (Wildman–Crippen LogP) is 3.25. The molecular formula is C19H13N3O2. The summed E-state index contributed by atoms with van der Waals surface area (Å²) in [6.07, 6.45) is 0. The van der Waals surface area contributed by atoms with Crippen molar-refractivity contribution in [3.05, 3.63) is 77.0 Å². The van der Waals surface area contributed by atoms with Crippen molar-refractivity contribution in [3.8, 4) is 11.3 Å². The lowest BCUT2D eigenvalue weighted by Crippen LogP contribution is -2.19. The van der Waals surface area contributed by atoms with E-state index in [-0.39, 0.29) is 17.3 Å². The molecule has 0 radical (unpaired) electrons. The first-order valence-corrected chi connectivity index (χ1v) is 7.54. The van der Waals surface area contributed by atoms with Crippen LogP contribution in [0.15, 0.2) is 54.6 Å². The molecule has 0 atom stereocenters. The molecule has 1 aliphatic carbocycles. The molecule has 0 fully saturated rings. The van der Waals surface area contributed by atoms with Crippen molar-refractivity contribution < 1.29 is 9.59 Å². The van der Waals surface area contributed by atoms with Crippen LogP contribution in [0.25, 0.3) is 11.3 Å². The van der Waals surface area contributed by atoms with Gasteiger partial charge in [0.2, 0.25) is 0 Å². The van der Waals surface area contributed by atoms with E-state index in [1.54, 1.807) is 31.2 Å². The molecule has 5 heteroatoms. The predicted molar refractivity (Wildman–Crippen MR) is 90.0 cm³/mol. The van der Waals surface area contributed by atoms with E-state index < -0.39 is 0 Å². The quantitative estimate of drug-likeness (QED) is 0.616. The Morgan fingerprint density at radius 3 is 2.33 bits per heavy atom. The average Bonchev–Trinajstić information content (AvgIpc) is 2.89. The zero-order chi connectivity index (χ0) is 16.7. The van der Waals surface area contributed by atoms with E-state index in [1.807, 2.05) is 30.3 Å². The maximum absolute atomic E-state index is 12.8. The first-order valence-electron chi connectivity index (χ1n) is 7.54. The van der Waals surface area contributed by atoms with Gasteiger partial charge < -0.3 is 5.32 Å². The van der Waals surface area contributed by atoms with Crippen LogP contribution < -0.4 is 5.32 Å². The number of hydrogen-bond acceptors (Lipinski definition) is 4. The number of amides is 1. The van der Waals surface area contributed by atoms with Gasteiger partial charge in [-0.2, -0.15) is 5.10 Å². The number of carbonyl (C=O) groups excluding carboxylic acids is 2. The van der Waals surface area contributed by atoms with E-state index in [0.717, 1.165) is 5.56 Å². The normalized spacial score (nSPS) is 11.8. The first-order chi connectivity index (χ1) is 11.7. The highest BCUT2D eigenvalue weighted by molar-refractivity contribution is 6.26. The average molecular weight is 315 g/mol. The fraction of sp³-hybridized carbons (Fsp3) is 0.0526. The minimum atomic E-state index is -0.356. The third-order valence-corrected chi connectivity index (χ3v) is 4.06. The second kappa shape index (κ2) is 5.38. The van der Waals surface area contributed by atoms with Gasteiger partial charge >= 0.3 is 0 Å². The summed E-state index contributed by atoms with van der Waals surface area (Å²) >= 11 is 0. The third kappa shape index (κ3) is 2.10. The Morgan fingerprint density at radius 1 is 0.917 bits per heavy atom. The summed E-state index contributed by atoms with van der Waals surface area (Å²) in [6, 6.07) is 16.3. The van der Waals surface area contributed by atoms with Crippen molar-refractivity contribution in [1.29, 1.82) is 0 Å². The number of benzene rings is 2. The maximum Gasteiger partial charge on any atom is 0.258 e. The van der Waals surface area contributed by atoms with Crippen LogP contribution >= 0.6 is 0 Å². The number of ketones is 1. The van der Waals surface area contributed by atoms with E-state index in [0.29, 0.717) is 28.2 Å². The molecule has 1 N–H and O–H groups in total. The van der Waals surface area contributed by atoms with Crippen LogP contribution in [0.2, 0.25) is 0 Å². The zero-order valence-corrected chi connectivity index (χ0v) is 12.9. The summed E-state index contributed by atoms with van der Waals surface area (Å²) in [6.45, 7) is 1.68. The van der Waals surface area contributed by atoms with Gasteiger partial charge in [0.05, 0.1) is 16.8 Å². The second-order valence-electron chi connectivity index (χ2n) is 5.58.